The van der Waals surface area contributed by atoms with E-state index in [0.717, 1.165) is 6.08 Å². The molecule has 14 heavy (non-hydrogen) atoms. The second kappa shape index (κ2) is 4.08. The molecule has 6 heteroatoms. The van der Waals surface area contributed by atoms with E-state index in [1.165, 1.54) is 18.6 Å². The molecule has 0 aliphatic heterocycles. The van der Waals surface area contributed by atoms with Gasteiger partial charge in [0, 0.05) is 11.8 Å². The van der Waals surface area contributed by atoms with Crippen LogP contribution in [0.2, 0.25) is 0 Å². The van der Waals surface area contributed by atoms with Crippen molar-refractivity contribution in [3.63, 3.8) is 0 Å². The molecule has 2 nitrogen and oxygen atoms in total. The van der Waals surface area contributed by atoms with Crippen LogP contribution in [-0.4, -0.2) is 16.9 Å². The summed E-state index contributed by atoms with van der Waals surface area (Å²) in [6.45, 7) is -1.48. The zero-order chi connectivity index (χ0) is 10.6. The van der Waals surface area contributed by atoms with E-state index in [0.29, 0.717) is 11.3 Å². The molecule has 1 rings (SSSR count). The zero-order valence-corrected chi connectivity index (χ0v) is 7.20. The minimum atomic E-state index is -4.92. The summed E-state index contributed by atoms with van der Waals surface area (Å²) in [5.41, 5.74) is 0.693. The van der Waals surface area contributed by atoms with E-state index in [4.69, 9.17) is 0 Å². The van der Waals surface area contributed by atoms with Gasteiger partial charge >= 0.3 is 6.98 Å². The van der Waals surface area contributed by atoms with Crippen LogP contribution < -0.4 is 0 Å². The summed E-state index contributed by atoms with van der Waals surface area (Å²) in [6, 6.07) is 0. The number of nitrogens with zero attached hydrogens (tertiary/aromatic N) is 2. The van der Waals surface area contributed by atoms with Gasteiger partial charge in [-0.15, -0.1) is 5.98 Å². The van der Waals surface area contributed by atoms with Gasteiger partial charge in [-0.2, -0.15) is 0 Å². The highest BCUT2D eigenvalue weighted by Gasteiger charge is 2.17. The molecule has 0 saturated carbocycles. The fourth-order valence-corrected chi connectivity index (χ4v) is 0.862. The molecule has 0 unspecified atom stereocenters. The Kier molecular flexibility index (Phi) is 3.06. The Hall–Kier alpha value is -1.59. The van der Waals surface area contributed by atoms with Gasteiger partial charge in [0.2, 0.25) is 0 Å². The quantitative estimate of drug-likeness (QED) is 0.698. The van der Waals surface area contributed by atoms with Crippen molar-refractivity contribution in [3.05, 3.63) is 36.3 Å². The number of hydrogen-bond acceptors (Lipinski definition) is 2. The SMILES string of the molecule is C=Cc1ncncc1/C=C/[B-](F)(F)F. The van der Waals surface area contributed by atoms with E-state index in [2.05, 4.69) is 16.5 Å². The van der Waals surface area contributed by atoms with Gasteiger partial charge in [-0.1, -0.05) is 12.7 Å². The molecule has 0 atom stereocenters. The highest BCUT2D eigenvalue weighted by atomic mass is 19.4. The topological polar surface area (TPSA) is 25.8 Å². The van der Waals surface area contributed by atoms with E-state index in [-0.39, 0.29) is 5.98 Å². The van der Waals surface area contributed by atoms with E-state index in [1.807, 2.05) is 0 Å². The molecule has 74 valence electrons. The molecule has 0 aromatic carbocycles. The molecule has 1 aromatic rings. The standard InChI is InChI=1S/C8H7BF3N2/c1-2-8-7(5-13-6-14-8)3-4-9(10,11)12/h2-6H,1H2/q-1/b4-3+. The minimum absolute atomic E-state index is 0.200. The van der Waals surface area contributed by atoms with Gasteiger partial charge in [0.25, 0.3) is 0 Å². The van der Waals surface area contributed by atoms with Crippen molar-refractivity contribution in [2.75, 3.05) is 0 Å². The fourth-order valence-electron chi connectivity index (χ4n) is 0.862. The van der Waals surface area contributed by atoms with Gasteiger partial charge in [0.1, 0.15) is 6.33 Å². The highest BCUT2D eigenvalue weighted by Crippen LogP contribution is 2.14. The van der Waals surface area contributed by atoms with Crippen LogP contribution in [0.15, 0.2) is 25.1 Å². The predicted octanol–water partition coefficient (Wildman–Crippen LogP) is 2.52. The van der Waals surface area contributed by atoms with Gasteiger partial charge in [-0.05, 0) is 6.08 Å². The molecule has 0 aliphatic carbocycles. The van der Waals surface area contributed by atoms with Gasteiger partial charge in [-0.25, -0.2) is 9.97 Å². The predicted molar refractivity (Wildman–Crippen MR) is 50.2 cm³/mol. The molecule has 0 amide bonds. The van der Waals surface area contributed by atoms with Gasteiger partial charge in [0.05, 0.1) is 5.69 Å². The third kappa shape index (κ3) is 3.04. The summed E-state index contributed by atoms with van der Waals surface area (Å²) in [5, 5.41) is 0. The van der Waals surface area contributed by atoms with E-state index in [9.17, 15) is 12.9 Å². The second-order valence-electron chi connectivity index (χ2n) is 2.55. The van der Waals surface area contributed by atoms with Crippen LogP contribution in [0, 0.1) is 0 Å². The smallest absolute Gasteiger partial charge is 0.445 e. The maximum absolute atomic E-state index is 11.9. The lowest BCUT2D eigenvalue weighted by Gasteiger charge is -2.06. The van der Waals surface area contributed by atoms with Crippen LogP contribution in [0.4, 0.5) is 12.9 Å². The van der Waals surface area contributed by atoms with Crippen molar-refractivity contribution in [3.8, 4) is 0 Å². The molecule has 0 fully saturated rings. The molecular weight excluding hydrogens is 192 g/mol. The normalized spacial score (nSPS) is 11.9. The highest BCUT2D eigenvalue weighted by molar-refractivity contribution is 6.64. The van der Waals surface area contributed by atoms with Gasteiger partial charge in [0.15, 0.2) is 0 Å². The van der Waals surface area contributed by atoms with Crippen molar-refractivity contribution in [2.24, 2.45) is 0 Å². The van der Waals surface area contributed by atoms with E-state index in [1.54, 1.807) is 0 Å². The largest absolute Gasteiger partial charge is 0.502 e. The third-order valence-corrected chi connectivity index (χ3v) is 1.46. The number of rotatable bonds is 3. The molecule has 0 spiro atoms. The van der Waals surface area contributed by atoms with E-state index >= 15 is 0 Å². The summed E-state index contributed by atoms with van der Waals surface area (Å²) in [5.74, 6) is 0.200. The Morgan fingerprint density at radius 3 is 2.64 bits per heavy atom. The molecule has 1 aromatic heterocycles. The van der Waals surface area contributed by atoms with Crippen LogP contribution in [0.25, 0.3) is 12.2 Å². The Balaban J connectivity index is 2.97. The van der Waals surface area contributed by atoms with Crippen molar-refractivity contribution in [1.82, 2.24) is 9.97 Å². The first-order valence-electron chi connectivity index (χ1n) is 3.84. The summed E-state index contributed by atoms with van der Waals surface area (Å²) >= 11 is 0. The number of halogens is 3. The first-order chi connectivity index (χ1) is 6.53. The Labute approximate surface area is 79.3 Å². The summed E-state index contributed by atoms with van der Waals surface area (Å²) < 4.78 is 35.7. The van der Waals surface area contributed by atoms with Crippen molar-refractivity contribution >= 4 is 19.1 Å². The first kappa shape index (κ1) is 10.5. The molecule has 1 heterocycles. The van der Waals surface area contributed by atoms with E-state index < -0.39 is 6.98 Å². The second-order valence-corrected chi connectivity index (χ2v) is 2.55. The van der Waals surface area contributed by atoms with Crippen LogP contribution >= 0.6 is 0 Å². The van der Waals surface area contributed by atoms with Crippen molar-refractivity contribution < 1.29 is 12.9 Å². The lowest BCUT2D eigenvalue weighted by atomic mass is 9.90. The summed E-state index contributed by atoms with van der Waals surface area (Å²) in [6.07, 6.45) is 4.89. The maximum Gasteiger partial charge on any atom is 0.502 e. The third-order valence-electron chi connectivity index (χ3n) is 1.46. The molecule has 0 radical (unpaired) electrons. The van der Waals surface area contributed by atoms with Crippen molar-refractivity contribution in [1.29, 1.82) is 0 Å². The minimum Gasteiger partial charge on any atom is -0.445 e. The van der Waals surface area contributed by atoms with Crippen LogP contribution in [0.3, 0.4) is 0 Å². The molecule has 0 aliphatic rings. The zero-order valence-electron chi connectivity index (χ0n) is 7.20. The average molecular weight is 199 g/mol. The number of hydrogen-bond donors (Lipinski definition) is 0. The summed E-state index contributed by atoms with van der Waals surface area (Å²) in [4.78, 5) is 7.38. The van der Waals surface area contributed by atoms with Crippen LogP contribution in [0.1, 0.15) is 11.3 Å². The van der Waals surface area contributed by atoms with Crippen molar-refractivity contribution in [2.45, 2.75) is 0 Å². The summed E-state index contributed by atoms with van der Waals surface area (Å²) in [7, 11) is 0. The maximum atomic E-state index is 11.9. The molecule has 0 saturated heterocycles. The number of aromatic nitrogens is 2. The molecule has 0 bridgehead atoms. The molecule has 0 N–H and O–H groups in total. The average Bonchev–Trinajstić information content (AvgIpc) is 2.14. The Morgan fingerprint density at radius 1 is 1.36 bits per heavy atom. The monoisotopic (exact) mass is 199 g/mol. The fraction of sp³-hybridized carbons (Fsp3) is 0. The lowest BCUT2D eigenvalue weighted by Crippen LogP contribution is -2.09. The van der Waals surface area contributed by atoms with Crippen LogP contribution in [-0.2, 0) is 0 Å². The first-order valence-corrected chi connectivity index (χ1v) is 3.84. The Morgan fingerprint density at radius 2 is 2.07 bits per heavy atom. The Bertz CT molecular complexity index is 360. The van der Waals surface area contributed by atoms with Gasteiger partial charge < -0.3 is 12.9 Å². The van der Waals surface area contributed by atoms with Gasteiger partial charge in [-0.3, -0.25) is 0 Å². The molecular formula is C8H7BF3N2-. The van der Waals surface area contributed by atoms with Crippen LogP contribution in [0.5, 0.6) is 0 Å². The lowest BCUT2D eigenvalue weighted by molar-refractivity contribution is 0.499.